The maximum absolute atomic E-state index is 11.3. The summed E-state index contributed by atoms with van der Waals surface area (Å²) in [5.74, 6) is -0.766. The van der Waals surface area contributed by atoms with Crippen molar-refractivity contribution >= 4 is 28.6 Å². The van der Waals surface area contributed by atoms with E-state index < -0.39 is 5.97 Å². The maximum Gasteiger partial charge on any atom is 0.347 e. The van der Waals surface area contributed by atoms with Gasteiger partial charge in [-0.25, -0.2) is 9.78 Å². The first-order valence-corrected chi connectivity index (χ1v) is 8.18. The fraction of sp³-hybridized carbons (Fsp3) is 0.467. The van der Waals surface area contributed by atoms with E-state index in [1.807, 2.05) is 19.9 Å². The molecule has 0 atom stereocenters. The molecule has 0 saturated carbocycles. The van der Waals surface area contributed by atoms with Gasteiger partial charge in [0.15, 0.2) is 0 Å². The van der Waals surface area contributed by atoms with Crippen LogP contribution in [0.4, 0.5) is 0 Å². The number of thiazole rings is 1. The minimum atomic E-state index is -0.884. The van der Waals surface area contributed by atoms with Crippen LogP contribution < -0.4 is 0 Å². The number of aromatic nitrogens is 1. The van der Waals surface area contributed by atoms with Crippen LogP contribution in [0.2, 0.25) is 0 Å². The van der Waals surface area contributed by atoms with E-state index in [-0.39, 0.29) is 11.3 Å². The van der Waals surface area contributed by atoms with E-state index in [1.54, 1.807) is 11.3 Å². The van der Waals surface area contributed by atoms with Gasteiger partial charge in [-0.15, -0.1) is 22.7 Å². The van der Waals surface area contributed by atoms with E-state index in [0.717, 1.165) is 9.88 Å². The fourth-order valence-electron chi connectivity index (χ4n) is 1.84. The summed E-state index contributed by atoms with van der Waals surface area (Å²) in [5, 5.41) is 10.1. The lowest BCUT2D eigenvalue weighted by Crippen LogP contribution is -2.07. The Hall–Kier alpha value is -1.20. The van der Waals surface area contributed by atoms with Crippen molar-refractivity contribution in [2.75, 3.05) is 0 Å². The van der Waals surface area contributed by atoms with E-state index >= 15 is 0 Å². The van der Waals surface area contributed by atoms with Crippen LogP contribution in [0.1, 0.15) is 60.8 Å². The molecule has 0 bridgehead atoms. The third kappa shape index (κ3) is 2.94. The minimum Gasteiger partial charge on any atom is -0.477 e. The molecule has 0 radical (unpaired) electrons. The first kappa shape index (κ1) is 15.2. The number of carboxylic acids is 1. The standard InChI is InChI=1S/C15H19NO2S2/c1-8(2)11-12(14(17)18)20-13(16-11)9-6-7-10(19-9)15(3,4)5/h6-8H,1-5H3,(H,17,18). The third-order valence-electron chi connectivity index (χ3n) is 2.95. The Labute approximate surface area is 127 Å². The molecule has 0 fully saturated rings. The molecule has 0 aliphatic rings. The Morgan fingerprint density at radius 1 is 1.25 bits per heavy atom. The smallest absolute Gasteiger partial charge is 0.347 e. The normalized spacial score (nSPS) is 12.1. The molecule has 2 heterocycles. The molecule has 0 amide bonds. The van der Waals surface area contributed by atoms with Gasteiger partial charge < -0.3 is 5.11 Å². The van der Waals surface area contributed by atoms with E-state index in [1.165, 1.54) is 16.2 Å². The number of hydrogen-bond acceptors (Lipinski definition) is 4. The van der Waals surface area contributed by atoms with Gasteiger partial charge in [0, 0.05) is 4.88 Å². The molecular weight excluding hydrogens is 290 g/mol. The van der Waals surface area contributed by atoms with Gasteiger partial charge in [-0.05, 0) is 23.5 Å². The van der Waals surface area contributed by atoms with Crippen molar-refractivity contribution in [2.24, 2.45) is 0 Å². The molecule has 2 aromatic rings. The number of carboxylic acid groups (broad SMARTS) is 1. The monoisotopic (exact) mass is 309 g/mol. The molecule has 5 heteroatoms. The van der Waals surface area contributed by atoms with Gasteiger partial charge in [0.2, 0.25) is 0 Å². The molecule has 1 N–H and O–H groups in total. The van der Waals surface area contributed by atoms with Crippen molar-refractivity contribution in [3.05, 3.63) is 27.6 Å². The second-order valence-electron chi connectivity index (χ2n) is 6.11. The molecule has 108 valence electrons. The molecule has 0 spiro atoms. The van der Waals surface area contributed by atoms with Gasteiger partial charge in [-0.1, -0.05) is 34.6 Å². The van der Waals surface area contributed by atoms with Crippen molar-refractivity contribution in [3.8, 4) is 9.88 Å². The quantitative estimate of drug-likeness (QED) is 0.869. The largest absolute Gasteiger partial charge is 0.477 e. The number of hydrogen-bond donors (Lipinski definition) is 1. The number of rotatable bonds is 3. The van der Waals surface area contributed by atoms with Crippen LogP contribution in [0.3, 0.4) is 0 Å². The second-order valence-corrected chi connectivity index (χ2v) is 8.19. The summed E-state index contributed by atoms with van der Waals surface area (Å²) in [6.07, 6.45) is 0. The summed E-state index contributed by atoms with van der Waals surface area (Å²) >= 11 is 2.97. The lowest BCUT2D eigenvalue weighted by atomic mass is 9.95. The lowest BCUT2D eigenvalue weighted by Gasteiger charge is -2.15. The molecule has 20 heavy (non-hydrogen) atoms. The van der Waals surface area contributed by atoms with Crippen molar-refractivity contribution < 1.29 is 9.90 Å². The maximum atomic E-state index is 11.3. The molecule has 0 aliphatic carbocycles. The summed E-state index contributed by atoms with van der Waals surface area (Å²) in [7, 11) is 0. The Balaban J connectivity index is 2.46. The lowest BCUT2D eigenvalue weighted by molar-refractivity contribution is 0.0700. The van der Waals surface area contributed by atoms with E-state index in [0.29, 0.717) is 10.6 Å². The van der Waals surface area contributed by atoms with E-state index in [2.05, 4.69) is 31.8 Å². The zero-order chi connectivity index (χ0) is 15.1. The number of aromatic carboxylic acids is 1. The van der Waals surface area contributed by atoms with Gasteiger partial charge in [-0.2, -0.15) is 0 Å². The van der Waals surface area contributed by atoms with Gasteiger partial charge >= 0.3 is 5.97 Å². The molecule has 2 rings (SSSR count). The Morgan fingerprint density at radius 3 is 2.30 bits per heavy atom. The van der Waals surface area contributed by atoms with Crippen molar-refractivity contribution in [1.29, 1.82) is 0 Å². The van der Waals surface area contributed by atoms with Gasteiger partial charge in [0.25, 0.3) is 0 Å². The predicted molar refractivity (Wildman–Crippen MR) is 85.2 cm³/mol. The average Bonchev–Trinajstić information content (AvgIpc) is 2.94. The molecular formula is C15H19NO2S2. The summed E-state index contributed by atoms with van der Waals surface area (Å²) in [5.41, 5.74) is 0.791. The minimum absolute atomic E-state index is 0.108. The summed E-state index contributed by atoms with van der Waals surface area (Å²) < 4.78 is 0. The number of nitrogens with zero attached hydrogens (tertiary/aromatic N) is 1. The fourth-order valence-corrected chi connectivity index (χ4v) is 4.02. The molecule has 0 saturated heterocycles. The van der Waals surface area contributed by atoms with E-state index in [9.17, 15) is 9.90 Å². The third-order valence-corrected chi connectivity index (χ3v) is 5.69. The summed E-state index contributed by atoms with van der Waals surface area (Å²) in [6, 6.07) is 4.15. The molecule has 0 aromatic carbocycles. The summed E-state index contributed by atoms with van der Waals surface area (Å²) in [6.45, 7) is 10.5. The van der Waals surface area contributed by atoms with Crippen LogP contribution in [-0.2, 0) is 5.41 Å². The van der Waals surface area contributed by atoms with Gasteiger partial charge in [-0.3, -0.25) is 0 Å². The highest BCUT2D eigenvalue weighted by Crippen LogP contribution is 2.38. The number of thiophene rings is 1. The zero-order valence-electron chi connectivity index (χ0n) is 12.4. The number of carbonyl (C=O) groups is 1. The Kier molecular flexibility index (Phi) is 4.02. The summed E-state index contributed by atoms with van der Waals surface area (Å²) in [4.78, 5) is 18.5. The Morgan fingerprint density at radius 2 is 1.90 bits per heavy atom. The highest BCUT2D eigenvalue weighted by Gasteiger charge is 2.22. The molecule has 0 unspecified atom stereocenters. The van der Waals surface area contributed by atoms with Crippen molar-refractivity contribution in [1.82, 2.24) is 4.98 Å². The zero-order valence-corrected chi connectivity index (χ0v) is 14.0. The van der Waals surface area contributed by atoms with Crippen LogP contribution in [-0.4, -0.2) is 16.1 Å². The molecule has 2 aromatic heterocycles. The topological polar surface area (TPSA) is 50.2 Å². The highest BCUT2D eigenvalue weighted by atomic mass is 32.1. The first-order chi connectivity index (χ1) is 9.20. The Bertz CT molecular complexity index is 633. The first-order valence-electron chi connectivity index (χ1n) is 6.55. The van der Waals surface area contributed by atoms with Crippen LogP contribution in [0.15, 0.2) is 12.1 Å². The highest BCUT2D eigenvalue weighted by molar-refractivity contribution is 7.22. The average molecular weight is 309 g/mol. The van der Waals surface area contributed by atoms with Crippen LogP contribution >= 0.6 is 22.7 Å². The van der Waals surface area contributed by atoms with Crippen LogP contribution in [0, 0.1) is 0 Å². The van der Waals surface area contributed by atoms with Gasteiger partial charge in [0.1, 0.15) is 9.88 Å². The predicted octanol–water partition coefficient (Wildman–Crippen LogP) is 4.99. The molecule has 0 aliphatic heterocycles. The SMILES string of the molecule is CC(C)c1nc(-c2ccc(C(C)(C)C)s2)sc1C(=O)O. The van der Waals surface area contributed by atoms with Crippen molar-refractivity contribution in [2.45, 2.75) is 46.0 Å². The van der Waals surface area contributed by atoms with Crippen molar-refractivity contribution in [3.63, 3.8) is 0 Å². The van der Waals surface area contributed by atoms with Gasteiger partial charge in [0.05, 0.1) is 10.6 Å². The molecule has 3 nitrogen and oxygen atoms in total. The van der Waals surface area contributed by atoms with Crippen LogP contribution in [0.25, 0.3) is 9.88 Å². The second kappa shape index (κ2) is 5.30. The van der Waals surface area contributed by atoms with E-state index in [4.69, 9.17) is 0 Å². The van der Waals surface area contributed by atoms with Crippen LogP contribution in [0.5, 0.6) is 0 Å².